The number of fused-ring (bicyclic) bond motifs is 1. The number of carbonyl (C=O) groups is 2. The summed E-state index contributed by atoms with van der Waals surface area (Å²) in [5, 5.41) is 11.4. The van der Waals surface area contributed by atoms with E-state index in [4.69, 9.17) is 9.84 Å². The molecule has 0 fully saturated rings. The maximum Gasteiger partial charge on any atom is 0.267 e. The molecule has 1 aromatic carbocycles. The van der Waals surface area contributed by atoms with Crippen LogP contribution in [-0.2, 0) is 4.79 Å². The van der Waals surface area contributed by atoms with E-state index >= 15 is 0 Å². The number of hydrogen-bond acceptors (Lipinski definition) is 4. The molecule has 108 valence electrons. The molecule has 20 heavy (non-hydrogen) atoms. The Labute approximate surface area is 117 Å². The molecule has 0 radical (unpaired) electrons. The largest absolute Gasteiger partial charge is 0.479 e. The van der Waals surface area contributed by atoms with Crippen LogP contribution in [0, 0.1) is 0 Å². The van der Waals surface area contributed by atoms with Gasteiger partial charge < -0.3 is 20.1 Å². The van der Waals surface area contributed by atoms with E-state index in [0.717, 1.165) is 0 Å². The third kappa shape index (κ3) is 2.75. The van der Waals surface area contributed by atoms with Gasteiger partial charge in [0, 0.05) is 25.8 Å². The van der Waals surface area contributed by atoms with Crippen molar-refractivity contribution in [1.82, 2.24) is 5.32 Å². The highest BCUT2D eigenvalue weighted by atomic mass is 16.5. The molecule has 0 aromatic heterocycles. The van der Waals surface area contributed by atoms with E-state index < -0.39 is 6.10 Å². The summed E-state index contributed by atoms with van der Waals surface area (Å²) >= 11 is 0. The minimum atomic E-state index is -0.517. The molecule has 0 bridgehead atoms. The third-order valence-corrected chi connectivity index (χ3v) is 3.19. The van der Waals surface area contributed by atoms with Gasteiger partial charge in [-0.15, -0.1) is 0 Å². The Morgan fingerprint density at radius 1 is 1.50 bits per heavy atom. The highest BCUT2D eigenvalue weighted by Gasteiger charge is 2.29. The second-order valence-corrected chi connectivity index (χ2v) is 4.67. The van der Waals surface area contributed by atoms with Crippen LogP contribution in [0.1, 0.15) is 23.7 Å². The molecule has 0 spiro atoms. The van der Waals surface area contributed by atoms with Crippen molar-refractivity contribution >= 4 is 17.5 Å². The van der Waals surface area contributed by atoms with Gasteiger partial charge in [-0.25, -0.2) is 0 Å². The van der Waals surface area contributed by atoms with E-state index in [1.807, 2.05) is 0 Å². The second-order valence-electron chi connectivity index (χ2n) is 4.67. The maximum atomic E-state index is 11.9. The van der Waals surface area contributed by atoms with Crippen molar-refractivity contribution in [2.45, 2.75) is 19.4 Å². The quantitative estimate of drug-likeness (QED) is 0.788. The van der Waals surface area contributed by atoms with Crippen LogP contribution < -0.4 is 15.0 Å². The highest BCUT2D eigenvalue weighted by molar-refractivity contribution is 6.02. The predicted molar refractivity (Wildman–Crippen MR) is 74.0 cm³/mol. The number of aliphatic hydroxyl groups is 1. The van der Waals surface area contributed by atoms with Crippen molar-refractivity contribution in [1.29, 1.82) is 0 Å². The van der Waals surface area contributed by atoms with Gasteiger partial charge in [-0.05, 0) is 31.5 Å². The molecule has 1 atom stereocenters. The summed E-state index contributed by atoms with van der Waals surface area (Å²) in [4.78, 5) is 25.3. The van der Waals surface area contributed by atoms with Crippen LogP contribution >= 0.6 is 0 Å². The summed E-state index contributed by atoms with van der Waals surface area (Å²) in [6.45, 7) is 2.14. The summed E-state index contributed by atoms with van der Waals surface area (Å²) < 4.78 is 5.49. The van der Waals surface area contributed by atoms with Gasteiger partial charge in [0.2, 0.25) is 0 Å². The number of benzene rings is 1. The molecule has 6 nitrogen and oxygen atoms in total. The Hall–Kier alpha value is -2.08. The zero-order chi connectivity index (χ0) is 14.7. The molecule has 1 aliphatic rings. The zero-order valence-electron chi connectivity index (χ0n) is 11.5. The Balaban J connectivity index is 2.19. The molecule has 0 aliphatic carbocycles. The summed E-state index contributed by atoms with van der Waals surface area (Å²) in [6.07, 6.45) is -0.00730. The predicted octanol–water partition coefficient (Wildman–Crippen LogP) is 0.542. The molecule has 1 aliphatic heterocycles. The fourth-order valence-electron chi connectivity index (χ4n) is 2.04. The average Bonchev–Trinajstić information content (AvgIpc) is 2.45. The van der Waals surface area contributed by atoms with Crippen LogP contribution in [0.5, 0.6) is 5.75 Å². The first-order chi connectivity index (χ1) is 9.54. The van der Waals surface area contributed by atoms with Crippen molar-refractivity contribution in [3.8, 4) is 5.75 Å². The maximum absolute atomic E-state index is 11.9. The molecule has 1 heterocycles. The lowest BCUT2D eigenvalue weighted by Gasteiger charge is -2.30. The average molecular weight is 278 g/mol. The van der Waals surface area contributed by atoms with Gasteiger partial charge in [0.15, 0.2) is 6.10 Å². The molecular formula is C14H18N2O4. The normalized spacial score (nSPS) is 17.4. The molecular weight excluding hydrogens is 260 g/mol. The van der Waals surface area contributed by atoms with Crippen molar-refractivity contribution in [2.75, 3.05) is 25.1 Å². The monoisotopic (exact) mass is 278 g/mol. The molecule has 2 rings (SSSR count). The fraction of sp³-hybridized carbons (Fsp3) is 0.429. The van der Waals surface area contributed by atoms with Gasteiger partial charge in [0.05, 0.1) is 5.69 Å². The van der Waals surface area contributed by atoms with Crippen molar-refractivity contribution in [3.05, 3.63) is 23.8 Å². The van der Waals surface area contributed by atoms with Crippen molar-refractivity contribution in [3.63, 3.8) is 0 Å². The second kappa shape index (κ2) is 5.92. The summed E-state index contributed by atoms with van der Waals surface area (Å²) in [7, 11) is 1.66. The number of ether oxygens (including phenoxy) is 1. The lowest BCUT2D eigenvalue weighted by Crippen LogP contribution is -2.42. The van der Waals surface area contributed by atoms with E-state index in [1.54, 1.807) is 32.2 Å². The van der Waals surface area contributed by atoms with E-state index in [9.17, 15) is 9.59 Å². The highest BCUT2D eigenvalue weighted by Crippen LogP contribution is 2.33. The smallest absolute Gasteiger partial charge is 0.267 e. The molecule has 0 saturated heterocycles. The number of carbonyl (C=O) groups excluding carboxylic acids is 2. The third-order valence-electron chi connectivity index (χ3n) is 3.19. The fourth-order valence-corrected chi connectivity index (χ4v) is 2.04. The number of nitrogens with zero attached hydrogens (tertiary/aromatic N) is 1. The minimum absolute atomic E-state index is 0.0352. The van der Waals surface area contributed by atoms with Gasteiger partial charge in [0.1, 0.15) is 5.75 Å². The van der Waals surface area contributed by atoms with Crippen LogP contribution in [-0.4, -0.2) is 43.2 Å². The van der Waals surface area contributed by atoms with E-state index in [2.05, 4.69) is 5.32 Å². The standard InChI is InChI=1S/C14H18N2O4/c1-9-14(19)16(2)11-8-10(4-5-12(11)20-9)13(18)15-6-3-7-17/h4-5,8-9,17H,3,6-7H2,1-2H3,(H,15,18). The molecule has 0 saturated carbocycles. The van der Waals surface area contributed by atoms with Crippen LogP contribution in [0.25, 0.3) is 0 Å². The molecule has 1 aromatic rings. The lowest BCUT2D eigenvalue weighted by atomic mass is 10.1. The molecule has 6 heteroatoms. The Bertz CT molecular complexity index is 530. The number of likely N-dealkylation sites (N-methyl/N-ethyl adjacent to an activating group) is 1. The first-order valence-corrected chi connectivity index (χ1v) is 6.52. The SMILES string of the molecule is CC1Oc2ccc(C(=O)NCCCO)cc2N(C)C1=O. The van der Waals surface area contributed by atoms with Gasteiger partial charge in [-0.3, -0.25) is 9.59 Å². The number of anilines is 1. The van der Waals surface area contributed by atoms with Gasteiger partial charge in [-0.1, -0.05) is 0 Å². The number of nitrogens with one attached hydrogen (secondary N) is 1. The van der Waals surface area contributed by atoms with Crippen LogP contribution in [0.3, 0.4) is 0 Å². The van der Waals surface area contributed by atoms with Crippen LogP contribution in [0.15, 0.2) is 18.2 Å². The van der Waals surface area contributed by atoms with Crippen LogP contribution in [0.4, 0.5) is 5.69 Å². The van der Waals surface area contributed by atoms with Gasteiger partial charge in [0.25, 0.3) is 11.8 Å². The van der Waals surface area contributed by atoms with Gasteiger partial charge >= 0.3 is 0 Å². The number of aliphatic hydroxyl groups excluding tert-OH is 1. The lowest BCUT2D eigenvalue weighted by molar-refractivity contribution is -0.125. The van der Waals surface area contributed by atoms with Crippen molar-refractivity contribution < 1.29 is 19.4 Å². The molecule has 2 amide bonds. The number of hydrogen-bond donors (Lipinski definition) is 2. The summed E-state index contributed by atoms with van der Waals surface area (Å²) in [5.41, 5.74) is 1.04. The van der Waals surface area contributed by atoms with Crippen molar-refractivity contribution in [2.24, 2.45) is 0 Å². The first-order valence-electron chi connectivity index (χ1n) is 6.52. The Morgan fingerprint density at radius 3 is 2.95 bits per heavy atom. The Morgan fingerprint density at radius 2 is 2.25 bits per heavy atom. The zero-order valence-corrected chi connectivity index (χ0v) is 11.5. The van der Waals surface area contributed by atoms with Crippen LogP contribution in [0.2, 0.25) is 0 Å². The number of rotatable bonds is 4. The minimum Gasteiger partial charge on any atom is -0.479 e. The van der Waals surface area contributed by atoms with E-state index in [0.29, 0.717) is 30.0 Å². The van der Waals surface area contributed by atoms with Gasteiger partial charge in [-0.2, -0.15) is 0 Å². The molecule has 2 N–H and O–H groups in total. The summed E-state index contributed by atoms with van der Waals surface area (Å²) in [5.74, 6) is 0.211. The van der Waals surface area contributed by atoms with E-state index in [1.165, 1.54) is 4.90 Å². The topological polar surface area (TPSA) is 78.9 Å². The van der Waals surface area contributed by atoms with E-state index in [-0.39, 0.29) is 18.4 Å². The Kier molecular flexibility index (Phi) is 4.24. The molecule has 1 unspecified atom stereocenters. The summed E-state index contributed by atoms with van der Waals surface area (Å²) in [6, 6.07) is 4.98. The first kappa shape index (κ1) is 14.3. The number of amides is 2.